The number of Topliss-reactive ketones (excluding diaryl/α,β-unsaturated/α-hetero) is 1. The molecule has 0 aromatic heterocycles. The molecule has 1 aromatic rings. The maximum atomic E-state index is 11.9. The molecule has 0 N–H and O–H groups in total. The van der Waals surface area contributed by atoms with Crippen LogP contribution in [0.15, 0.2) is 30.3 Å². The van der Waals surface area contributed by atoms with Gasteiger partial charge in [0.1, 0.15) is 0 Å². The molecule has 0 bridgehead atoms. The van der Waals surface area contributed by atoms with E-state index in [0.29, 0.717) is 6.04 Å². The Bertz CT molecular complexity index is 331. The van der Waals surface area contributed by atoms with E-state index in [2.05, 4.69) is 18.7 Å². The molecule has 1 saturated heterocycles. The Morgan fingerprint density at radius 3 is 2.50 bits per heavy atom. The average Bonchev–Trinajstić information content (AvgIpc) is 2.97. The zero-order valence-corrected chi connectivity index (χ0v) is 8.60. The van der Waals surface area contributed by atoms with E-state index in [9.17, 15) is 4.79 Å². The summed E-state index contributed by atoms with van der Waals surface area (Å²) in [4.78, 5) is 14.1. The van der Waals surface area contributed by atoms with Crippen LogP contribution in [-0.2, 0) is 0 Å². The van der Waals surface area contributed by atoms with Gasteiger partial charge in [-0.15, -0.1) is 0 Å². The number of carbonyl (C=O) groups excluding carboxylic acids is 1. The minimum absolute atomic E-state index is 0.136. The number of hydrogen-bond acceptors (Lipinski definition) is 2. The first-order valence-corrected chi connectivity index (χ1v) is 5.05. The fourth-order valence-electron chi connectivity index (χ4n) is 1.75. The highest BCUT2D eigenvalue weighted by Gasteiger charge is 2.41. The summed E-state index contributed by atoms with van der Waals surface area (Å²) in [6, 6.07) is 10.2. The molecule has 0 radical (unpaired) electrons. The van der Waals surface area contributed by atoms with Crippen molar-refractivity contribution in [3.8, 4) is 0 Å². The van der Waals surface area contributed by atoms with E-state index < -0.39 is 0 Å². The van der Waals surface area contributed by atoms with Gasteiger partial charge in [0, 0.05) is 18.2 Å². The summed E-state index contributed by atoms with van der Waals surface area (Å²) in [5.74, 6) is 0.263. The average molecular weight is 189 g/mol. The van der Waals surface area contributed by atoms with Crippen molar-refractivity contribution in [1.82, 2.24) is 4.90 Å². The topological polar surface area (TPSA) is 20.1 Å². The van der Waals surface area contributed by atoms with E-state index in [0.717, 1.165) is 12.1 Å². The second kappa shape index (κ2) is 3.54. The van der Waals surface area contributed by atoms with Gasteiger partial charge in [0.15, 0.2) is 5.78 Å². The van der Waals surface area contributed by atoms with Crippen molar-refractivity contribution >= 4 is 5.78 Å². The lowest BCUT2D eigenvalue weighted by atomic mass is 10.1. The Morgan fingerprint density at radius 2 is 2.00 bits per heavy atom. The molecule has 1 aliphatic rings. The Hall–Kier alpha value is -1.15. The molecule has 2 atom stereocenters. The summed E-state index contributed by atoms with van der Waals surface area (Å²) in [5, 5.41) is 0. The number of rotatable bonds is 3. The smallest absolute Gasteiger partial charge is 0.181 e. The first-order chi connectivity index (χ1) is 6.70. The van der Waals surface area contributed by atoms with Crippen LogP contribution in [0.4, 0.5) is 0 Å². The third-order valence-electron chi connectivity index (χ3n) is 2.67. The fourth-order valence-corrected chi connectivity index (χ4v) is 1.75. The Labute approximate surface area is 84.5 Å². The van der Waals surface area contributed by atoms with Crippen LogP contribution >= 0.6 is 0 Å². The van der Waals surface area contributed by atoms with Crippen molar-refractivity contribution in [2.45, 2.75) is 25.9 Å². The van der Waals surface area contributed by atoms with Crippen molar-refractivity contribution in [3.63, 3.8) is 0 Å². The Morgan fingerprint density at radius 1 is 1.36 bits per heavy atom. The molecule has 0 amide bonds. The number of benzene rings is 1. The van der Waals surface area contributed by atoms with Crippen molar-refractivity contribution < 1.29 is 4.79 Å². The lowest BCUT2D eigenvalue weighted by Gasteiger charge is -2.06. The molecule has 1 heterocycles. The van der Waals surface area contributed by atoms with Crippen LogP contribution in [0.2, 0.25) is 0 Å². The normalized spacial score (nSPS) is 25.1. The van der Waals surface area contributed by atoms with E-state index in [1.807, 2.05) is 30.3 Å². The molecular weight excluding hydrogens is 174 g/mol. The van der Waals surface area contributed by atoms with Crippen LogP contribution in [-0.4, -0.2) is 29.3 Å². The van der Waals surface area contributed by atoms with E-state index in [1.54, 1.807) is 0 Å². The van der Waals surface area contributed by atoms with Crippen LogP contribution < -0.4 is 0 Å². The molecule has 1 aromatic carbocycles. The SMILES string of the molecule is CC(C)N1CC1C(=O)c1ccccc1. The predicted molar refractivity (Wildman–Crippen MR) is 56.4 cm³/mol. The zero-order chi connectivity index (χ0) is 10.1. The summed E-state index contributed by atoms with van der Waals surface area (Å²) in [6.07, 6.45) is 0. The van der Waals surface area contributed by atoms with Gasteiger partial charge in [-0.3, -0.25) is 9.69 Å². The maximum Gasteiger partial charge on any atom is 0.181 e. The Kier molecular flexibility index (Phi) is 2.38. The quantitative estimate of drug-likeness (QED) is 0.535. The molecule has 2 nitrogen and oxygen atoms in total. The summed E-state index contributed by atoms with van der Waals surface area (Å²) in [6.45, 7) is 5.17. The van der Waals surface area contributed by atoms with Crippen molar-refractivity contribution in [2.24, 2.45) is 0 Å². The van der Waals surface area contributed by atoms with Gasteiger partial charge in [0.05, 0.1) is 6.04 Å². The standard InChI is InChI=1S/C12H15NO/c1-9(2)13-8-11(13)12(14)10-6-4-3-5-7-10/h3-7,9,11H,8H2,1-2H3. The zero-order valence-electron chi connectivity index (χ0n) is 8.60. The third kappa shape index (κ3) is 1.70. The van der Waals surface area contributed by atoms with Crippen molar-refractivity contribution in [1.29, 1.82) is 0 Å². The number of carbonyl (C=O) groups is 1. The van der Waals surface area contributed by atoms with Crippen molar-refractivity contribution in [2.75, 3.05) is 6.54 Å². The first kappa shape index (κ1) is 9.41. The van der Waals surface area contributed by atoms with Crippen LogP contribution in [0.5, 0.6) is 0 Å². The number of ketones is 1. The highest BCUT2D eigenvalue weighted by Crippen LogP contribution is 2.24. The monoisotopic (exact) mass is 189 g/mol. The molecule has 1 fully saturated rings. The lowest BCUT2D eigenvalue weighted by molar-refractivity contribution is 0.0970. The van der Waals surface area contributed by atoms with Gasteiger partial charge in [-0.25, -0.2) is 0 Å². The second-order valence-electron chi connectivity index (χ2n) is 4.04. The molecule has 2 unspecified atom stereocenters. The predicted octanol–water partition coefficient (Wildman–Crippen LogP) is 1.96. The van der Waals surface area contributed by atoms with Crippen LogP contribution in [0.25, 0.3) is 0 Å². The van der Waals surface area contributed by atoms with Gasteiger partial charge in [-0.2, -0.15) is 0 Å². The minimum atomic E-state index is 0.136. The van der Waals surface area contributed by atoms with Gasteiger partial charge >= 0.3 is 0 Å². The van der Waals surface area contributed by atoms with E-state index in [4.69, 9.17) is 0 Å². The minimum Gasteiger partial charge on any atom is -0.292 e. The fraction of sp³-hybridized carbons (Fsp3) is 0.417. The second-order valence-corrected chi connectivity index (χ2v) is 4.04. The number of hydrogen-bond donors (Lipinski definition) is 0. The van der Waals surface area contributed by atoms with Crippen LogP contribution in [0.1, 0.15) is 24.2 Å². The molecule has 1 aliphatic heterocycles. The van der Waals surface area contributed by atoms with E-state index >= 15 is 0 Å². The largest absolute Gasteiger partial charge is 0.292 e. The maximum absolute atomic E-state index is 11.9. The third-order valence-corrected chi connectivity index (χ3v) is 2.67. The summed E-state index contributed by atoms with van der Waals surface area (Å²) in [7, 11) is 0. The highest BCUT2D eigenvalue weighted by atomic mass is 16.1. The molecule has 14 heavy (non-hydrogen) atoms. The summed E-state index contributed by atoms with van der Waals surface area (Å²) in [5.41, 5.74) is 0.834. The van der Waals surface area contributed by atoms with Gasteiger partial charge in [0.25, 0.3) is 0 Å². The van der Waals surface area contributed by atoms with E-state index in [-0.39, 0.29) is 11.8 Å². The van der Waals surface area contributed by atoms with Crippen LogP contribution in [0, 0.1) is 0 Å². The summed E-state index contributed by atoms with van der Waals surface area (Å²) < 4.78 is 0. The van der Waals surface area contributed by atoms with Gasteiger partial charge in [-0.05, 0) is 13.8 Å². The van der Waals surface area contributed by atoms with Gasteiger partial charge in [-0.1, -0.05) is 30.3 Å². The first-order valence-electron chi connectivity index (χ1n) is 5.05. The molecule has 2 rings (SSSR count). The highest BCUT2D eigenvalue weighted by molar-refractivity contribution is 6.01. The summed E-state index contributed by atoms with van der Waals surface area (Å²) >= 11 is 0. The van der Waals surface area contributed by atoms with Crippen molar-refractivity contribution in [3.05, 3.63) is 35.9 Å². The lowest BCUT2D eigenvalue weighted by Crippen LogP contribution is -2.18. The molecule has 0 spiro atoms. The van der Waals surface area contributed by atoms with Crippen LogP contribution in [0.3, 0.4) is 0 Å². The van der Waals surface area contributed by atoms with E-state index in [1.165, 1.54) is 0 Å². The molecular formula is C12H15NO. The Balaban J connectivity index is 2.05. The number of nitrogens with zero attached hydrogens (tertiary/aromatic N) is 1. The van der Waals surface area contributed by atoms with Gasteiger partial charge in [0.2, 0.25) is 0 Å². The van der Waals surface area contributed by atoms with Gasteiger partial charge < -0.3 is 0 Å². The molecule has 0 aliphatic carbocycles. The molecule has 74 valence electrons. The molecule has 0 saturated carbocycles. The molecule has 2 heteroatoms.